The largest absolute Gasteiger partial charge is 0.497 e. The fraction of sp³-hybridized carbons (Fsp3) is 0.333. The van der Waals surface area contributed by atoms with Crippen LogP contribution in [0.4, 0.5) is 5.69 Å². The zero-order chi connectivity index (χ0) is 30.0. The van der Waals surface area contributed by atoms with Crippen molar-refractivity contribution in [2.24, 2.45) is 0 Å². The minimum absolute atomic E-state index is 0.101. The average Bonchev–Trinajstić information content (AvgIpc) is 2.95. The number of benzene rings is 3. The van der Waals surface area contributed by atoms with E-state index in [1.807, 2.05) is 37.3 Å². The Morgan fingerprint density at radius 1 is 0.951 bits per heavy atom. The number of rotatable bonds is 14. The van der Waals surface area contributed by atoms with Crippen LogP contribution in [0, 0.1) is 0 Å². The number of carbonyl (C=O) groups is 2. The highest BCUT2D eigenvalue weighted by molar-refractivity contribution is 7.92. The van der Waals surface area contributed by atoms with E-state index in [9.17, 15) is 18.0 Å². The Kier molecular flexibility index (Phi) is 11.9. The number of hydrogen-bond donors (Lipinski definition) is 1. The minimum Gasteiger partial charge on any atom is -0.497 e. The molecule has 11 heteroatoms. The molecule has 0 bridgehead atoms. The Hall–Kier alpha value is -3.27. The molecule has 3 aromatic rings. The van der Waals surface area contributed by atoms with Crippen molar-refractivity contribution in [1.29, 1.82) is 0 Å². The molecule has 220 valence electrons. The summed E-state index contributed by atoms with van der Waals surface area (Å²) in [6.07, 6.45) is 2.88. The van der Waals surface area contributed by atoms with E-state index in [2.05, 4.69) is 5.32 Å². The summed E-state index contributed by atoms with van der Waals surface area (Å²) in [5.74, 6) is -0.404. The van der Waals surface area contributed by atoms with E-state index in [0.717, 1.165) is 29.0 Å². The number of nitrogens with zero attached hydrogens (tertiary/aromatic N) is 2. The average molecular weight is 621 g/mol. The molecule has 0 fully saturated rings. The predicted octanol–water partition coefficient (Wildman–Crippen LogP) is 5.32. The van der Waals surface area contributed by atoms with Crippen LogP contribution in [0.1, 0.15) is 30.9 Å². The van der Waals surface area contributed by atoms with Gasteiger partial charge in [-0.25, -0.2) is 8.42 Å². The van der Waals surface area contributed by atoms with Gasteiger partial charge in [0.15, 0.2) is 0 Å². The van der Waals surface area contributed by atoms with Crippen molar-refractivity contribution >= 4 is 50.7 Å². The Morgan fingerprint density at radius 2 is 1.59 bits per heavy atom. The fourth-order valence-electron chi connectivity index (χ4n) is 4.28. The molecular weight excluding hydrogens is 585 g/mol. The van der Waals surface area contributed by atoms with E-state index < -0.39 is 28.5 Å². The van der Waals surface area contributed by atoms with Crippen LogP contribution < -0.4 is 14.4 Å². The summed E-state index contributed by atoms with van der Waals surface area (Å²) in [5.41, 5.74) is 1.57. The second-order valence-corrected chi connectivity index (χ2v) is 12.3. The Balaban J connectivity index is 2.07. The maximum absolute atomic E-state index is 14.1. The maximum Gasteiger partial charge on any atom is 0.244 e. The third-order valence-electron chi connectivity index (χ3n) is 6.53. The number of anilines is 1. The number of nitrogens with one attached hydrogen (secondary N) is 1. The molecule has 0 heterocycles. The summed E-state index contributed by atoms with van der Waals surface area (Å²) in [4.78, 5) is 29.1. The van der Waals surface area contributed by atoms with Crippen molar-refractivity contribution in [2.45, 2.75) is 38.8 Å². The number of sulfonamides is 1. The zero-order valence-electron chi connectivity index (χ0n) is 23.3. The number of unbranched alkanes of at least 4 members (excludes halogenated alkanes) is 1. The van der Waals surface area contributed by atoms with Gasteiger partial charge in [-0.3, -0.25) is 13.9 Å². The summed E-state index contributed by atoms with van der Waals surface area (Å²) < 4.78 is 32.0. The number of halogens is 2. The lowest BCUT2D eigenvalue weighted by molar-refractivity contribution is -0.140. The Morgan fingerprint density at radius 3 is 2.15 bits per heavy atom. The zero-order valence-corrected chi connectivity index (χ0v) is 25.7. The van der Waals surface area contributed by atoms with Gasteiger partial charge < -0.3 is 15.0 Å². The van der Waals surface area contributed by atoms with E-state index in [1.54, 1.807) is 42.5 Å². The number of carbonyl (C=O) groups excluding carboxylic acids is 2. The quantitative estimate of drug-likeness (QED) is 0.246. The summed E-state index contributed by atoms with van der Waals surface area (Å²) in [6, 6.07) is 19.7. The minimum atomic E-state index is -3.89. The molecule has 0 saturated heterocycles. The molecule has 0 aliphatic rings. The lowest BCUT2D eigenvalue weighted by Crippen LogP contribution is -2.53. The molecule has 0 aromatic heterocycles. The molecular formula is C30H35Cl2N3O5S. The van der Waals surface area contributed by atoms with Crippen molar-refractivity contribution in [3.63, 3.8) is 0 Å². The predicted molar refractivity (Wildman–Crippen MR) is 164 cm³/mol. The van der Waals surface area contributed by atoms with E-state index in [1.165, 1.54) is 12.0 Å². The van der Waals surface area contributed by atoms with Crippen LogP contribution in [0.5, 0.6) is 5.75 Å². The number of ether oxygens (including phenoxy) is 1. The third-order valence-corrected chi connectivity index (χ3v) is 8.38. The van der Waals surface area contributed by atoms with Gasteiger partial charge >= 0.3 is 0 Å². The smallest absolute Gasteiger partial charge is 0.244 e. The van der Waals surface area contributed by atoms with Gasteiger partial charge in [-0.2, -0.15) is 0 Å². The molecule has 8 nitrogen and oxygen atoms in total. The van der Waals surface area contributed by atoms with Crippen LogP contribution in [0.3, 0.4) is 0 Å². The first kappa shape index (κ1) is 32.2. The van der Waals surface area contributed by atoms with Crippen LogP contribution in [0.2, 0.25) is 10.0 Å². The fourth-order valence-corrected chi connectivity index (χ4v) is 5.64. The SMILES string of the molecule is CCCCNC(=O)[C@H](Cc1ccccc1)N(Cc1c(Cl)cccc1Cl)C(=O)CN(c1ccc(OC)cc1)S(C)(=O)=O. The first-order valence-electron chi connectivity index (χ1n) is 13.2. The molecule has 2 amide bonds. The van der Waals surface area contributed by atoms with Crippen LogP contribution in [-0.4, -0.2) is 57.6 Å². The van der Waals surface area contributed by atoms with Crippen molar-refractivity contribution in [3.05, 3.63) is 94.0 Å². The van der Waals surface area contributed by atoms with Gasteiger partial charge in [0.25, 0.3) is 0 Å². The third kappa shape index (κ3) is 9.11. The highest BCUT2D eigenvalue weighted by Gasteiger charge is 2.33. The van der Waals surface area contributed by atoms with E-state index in [-0.39, 0.29) is 24.6 Å². The number of amides is 2. The summed E-state index contributed by atoms with van der Waals surface area (Å²) in [6.45, 7) is 1.82. The molecule has 1 atom stereocenters. The van der Waals surface area contributed by atoms with Crippen molar-refractivity contribution in [3.8, 4) is 5.75 Å². The first-order valence-corrected chi connectivity index (χ1v) is 15.8. The molecule has 1 N–H and O–H groups in total. The van der Waals surface area contributed by atoms with Gasteiger partial charge in [0.05, 0.1) is 19.1 Å². The molecule has 0 aliphatic carbocycles. The van der Waals surface area contributed by atoms with Crippen LogP contribution in [-0.2, 0) is 32.6 Å². The standard InChI is InChI=1S/C30H35Cl2N3O5S/c1-4-5-18-33-30(37)28(19-22-10-7-6-8-11-22)34(20-25-26(31)12-9-13-27(25)32)29(36)21-35(41(3,38)39)23-14-16-24(40-2)17-15-23/h6-17,28H,4-5,18-21H2,1-3H3,(H,33,37)/t28-/m0/s1. The van der Waals surface area contributed by atoms with Crippen molar-refractivity contribution in [2.75, 3.05) is 30.8 Å². The van der Waals surface area contributed by atoms with Gasteiger partial charge in [-0.05, 0) is 48.4 Å². The van der Waals surface area contributed by atoms with Gasteiger partial charge in [-0.15, -0.1) is 0 Å². The van der Waals surface area contributed by atoms with Crippen molar-refractivity contribution in [1.82, 2.24) is 10.2 Å². The first-order chi connectivity index (χ1) is 19.5. The number of hydrogen-bond acceptors (Lipinski definition) is 5. The summed E-state index contributed by atoms with van der Waals surface area (Å²) in [7, 11) is -2.38. The molecule has 3 rings (SSSR count). The molecule has 0 radical (unpaired) electrons. The van der Waals surface area contributed by atoms with Crippen LogP contribution in [0.25, 0.3) is 0 Å². The summed E-state index contributed by atoms with van der Waals surface area (Å²) >= 11 is 13.0. The topological polar surface area (TPSA) is 96.0 Å². The van der Waals surface area contributed by atoms with Crippen molar-refractivity contribution < 1.29 is 22.7 Å². The van der Waals surface area contributed by atoms with E-state index in [4.69, 9.17) is 27.9 Å². The van der Waals surface area contributed by atoms with Crippen LogP contribution >= 0.6 is 23.2 Å². The van der Waals surface area contributed by atoms with E-state index in [0.29, 0.717) is 27.9 Å². The van der Waals surface area contributed by atoms with E-state index >= 15 is 0 Å². The highest BCUT2D eigenvalue weighted by atomic mass is 35.5. The maximum atomic E-state index is 14.1. The van der Waals surface area contributed by atoms with Gasteiger partial charge in [0.1, 0.15) is 18.3 Å². The van der Waals surface area contributed by atoms with Gasteiger partial charge in [0, 0.05) is 35.1 Å². The second-order valence-electron chi connectivity index (χ2n) is 9.54. The number of methoxy groups -OCH3 is 1. The lowest BCUT2D eigenvalue weighted by Gasteiger charge is -2.34. The summed E-state index contributed by atoms with van der Waals surface area (Å²) in [5, 5.41) is 3.60. The lowest BCUT2D eigenvalue weighted by atomic mass is 10.0. The van der Waals surface area contributed by atoms with Crippen LogP contribution in [0.15, 0.2) is 72.8 Å². The monoisotopic (exact) mass is 619 g/mol. The van der Waals surface area contributed by atoms with Gasteiger partial charge in [-0.1, -0.05) is 72.9 Å². The highest BCUT2D eigenvalue weighted by Crippen LogP contribution is 2.28. The molecule has 41 heavy (non-hydrogen) atoms. The van der Waals surface area contributed by atoms with Gasteiger partial charge in [0.2, 0.25) is 21.8 Å². The normalized spacial score (nSPS) is 11.9. The Bertz CT molecular complexity index is 1400. The molecule has 0 saturated carbocycles. The molecule has 3 aromatic carbocycles. The molecule has 0 aliphatic heterocycles. The second kappa shape index (κ2) is 15.1. The Labute approximate surface area is 252 Å². The molecule has 0 spiro atoms. The molecule has 0 unspecified atom stereocenters.